The summed E-state index contributed by atoms with van der Waals surface area (Å²) in [6.45, 7) is 1.37. The van der Waals surface area contributed by atoms with Gasteiger partial charge in [0.25, 0.3) is 0 Å². The van der Waals surface area contributed by atoms with Crippen LogP contribution in [0, 0.1) is 6.92 Å². The molecular formula is C18H20N6O4S. The molecule has 2 aromatic carbocycles. The van der Waals surface area contributed by atoms with Crippen LogP contribution in [0.3, 0.4) is 0 Å². The maximum atomic E-state index is 12.4. The van der Waals surface area contributed by atoms with Gasteiger partial charge in [-0.25, -0.2) is 17.5 Å². The Bertz CT molecular complexity index is 1200. The number of carbonyl (C=O) groups excluding carboxylic acids is 1. The van der Waals surface area contributed by atoms with Gasteiger partial charge in [-0.2, -0.15) is 9.36 Å². The Morgan fingerprint density at radius 3 is 2.45 bits per heavy atom. The van der Waals surface area contributed by atoms with Crippen LogP contribution in [0.2, 0.25) is 0 Å². The first kappa shape index (κ1) is 20.4. The number of tetrazole rings is 1. The maximum absolute atomic E-state index is 12.4. The van der Waals surface area contributed by atoms with Crippen LogP contribution < -0.4 is 11.0 Å². The van der Waals surface area contributed by atoms with Crippen molar-refractivity contribution in [2.24, 2.45) is 0 Å². The van der Waals surface area contributed by atoms with Crippen LogP contribution in [0.15, 0.2) is 58.2 Å². The number of nitrogens with zero attached hydrogens (tertiary/aromatic N) is 5. The van der Waals surface area contributed by atoms with Crippen molar-refractivity contribution >= 4 is 21.6 Å². The van der Waals surface area contributed by atoms with E-state index in [-0.39, 0.29) is 11.4 Å². The maximum Gasteiger partial charge on any atom is 0.368 e. The van der Waals surface area contributed by atoms with Gasteiger partial charge in [0.2, 0.25) is 15.9 Å². The van der Waals surface area contributed by atoms with Crippen molar-refractivity contribution in [2.45, 2.75) is 18.4 Å². The molecule has 3 rings (SSSR count). The quantitative estimate of drug-likeness (QED) is 0.629. The zero-order chi connectivity index (χ0) is 21.2. The Kier molecular flexibility index (Phi) is 5.62. The van der Waals surface area contributed by atoms with Crippen molar-refractivity contribution < 1.29 is 13.2 Å². The van der Waals surface area contributed by atoms with E-state index in [4.69, 9.17) is 0 Å². The third kappa shape index (κ3) is 4.25. The molecule has 152 valence electrons. The fourth-order valence-corrected chi connectivity index (χ4v) is 3.47. The van der Waals surface area contributed by atoms with Gasteiger partial charge in [0.1, 0.15) is 6.54 Å². The number of carbonyl (C=O) groups is 1. The van der Waals surface area contributed by atoms with Gasteiger partial charge in [-0.3, -0.25) is 4.79 Å². The number of nitrogens with one attached hydrogen (secondary N) is 1. The second-order valence-electron chi connectivity index (χ2n) is 6.48. The molecule has 0 saturated heterocycles. The fraction of sp³-hybridized carbons (Fsp3) is 0.222. The first-order chi connectivity index (χ1) is 13.7. The van der Waals surface area contributed by atoms with Gasteiger partial charge in [-0.05, 0) is 47.2 Å². The third-order valence-electron chi connectivity index (χ3n) is 4.20. The first-order valence-corrected chi connectivity index (χ1v) is 10.1. The Morgan fingerprint density at radius 1 is 1.10 bits per heavy atom. The second kappa shape index (κ2) is 7.97. The Morgan fingerprint density at radius 2 is 1.79 bits per heavy atom. The van der Waals surface area contributed by atoms with E-state index < -0.39 is 21.6 Å². The second-order valence-corrected chi connectivity index (χ2v) is 8.63. The van der Waals surface area contributed by atoms with Crippen molar-refractivity contribution in [3.05, 3.63) is 64.6 Å². The molecule has 0 unspecified atom stereocenters. The molecule has 1 heterocycles. The Balaban J connectivity index is 1.80. The molecular weight excluding hydrogens is 396 g/mol. The molecule has 10 nitrogen and oxygen atoms in total. The van der Waals surface area contributed by atoms with Gasteiger partial charge in [0, 0.05) is 19.8 Å². The smallest absolute Gasteiger partial charge is 0.324 e. The average molecular weight is 416 g/mol. The summed E-state index contributed by atoms with van der Waals surface area (Å²) in [5.74, 6) is -0.533. The number of amides is 1. The van der Waals surface area contributed by atoms with Crippen LogP contribution in [0.5, 0.6) is 0 Å². The number of para-hydroxylation sites is 1. The lowest BCUT2D eigenvalue weighted by Gasteiger charge is -2.14. The molecule has 3 aromatic rings. The van der Waals surface area contributed by atoms with Crippen LogP contribution >= 0.6 is 0 Å². The summed E-state index contributed by atoms with van der Waals surface area (Å²) >= 11 is 0. The number of hydrogen-bond acceptors (Lipinski definition) is 6. The molecule has 0 aliphatic carbocycles. The van der Waals surface area contributed by atoms with Crippen LogP contribution in [0.1, 0.15) is 5.56 Å². The standard InChI is InChI=1S/C18H20N6O4S/c1-13-9-10-15(29(27,28)22(2)3)11-16(13)19-17(25)12-23-18(26)24(21-20-23)14-7-5-4-6-8-14/h4-11H,12H2,1-3H3,(H,19,25). The molecule has 0 radical (unpaired) electrons. The van der Waals surface area contributed by atoms with E-state index in [0.717, 1.165) is 13.7 Å². The van der Waals surface area contributed by atoms with E-state index in [1.54, 1.807) is 43.3 Å². The largest absolute Gasteiger partial charge is 0.368 e. The highest BCUT2D eigenvalue weighted by Gasteiger charge is 2.19. The summed E-state index contributed by atoms with van der Waals surface area (Å²) in [5.41, 5.74) is 0.978. The first-order valence-electron chi connectivity index (χ1n) is 8.61. The molecule has 0 fully saturated rings. The molecule has 1 aromatic heterocycles. The molecule has 0 aliphatic rings. The lowest BCUT2D eigenvalue weighted by molar-refractivity contribution is -0.117. The molecule has 0 aliphatic heterocycles. The number of anilines is 1. The van der Waals surface area contributed by atoms with Gasteiger partial charge >= 0.3 is 5.69 Å². The number of rotatable bonds is 6. The minimum atomic E-state index is -3.64. The zero-order valence-corrected chi connectivity index (χ0v) is 16.9. The van der Waals surface area contributed by atoms with Crippen LogP contribution in [-0.2, 0) is 21.4 Å². The molecule has 0 atom stereocenters. The van der Waals surface area contributed by atoms with Gasteiger partial charge < -0.3 is 5.32 Å². The van der Waals surface area contributed by atoms with Gasteiger partial charge in [0.05, 0.1) is 10.6 Å². The minimum absolute atomic E-state index is 0.0515. The SMILES string of the molecule is Cc1ccc(S(=O)(=O)N(C)C)cc1NC(=O)Cn1nnn(-c2ccccc2)c1=O. The summed E-state index contributed by atoms with van der Waals surface area (Å²) in [6.07, 6.45) is 0. The molecule has 29 heavy (non-hydrogen) atoms. The third-order valence-corrected chi connectivity index (χ3v) is 6.01. The highest BCUT2D eigenvalue weighted by atomic mass is 32.2. The zero-order valence-electron chi connectivity index (χ0n) is 16.1. The topological polar surface area (TPSA) is 119 Å². The normalized spacial score (nSPS) is 11.6. The van der Waals surface area contributed by atoms with Gasteiger partial charge in [-0.1, -0.05) is 24.3 Å². The Hall–Kier alpha value is -3.31. The molecule has 1 amide bonds. The van der Waals surface area contributed by atoms with Crippen molar-refractivity contribution in [3.8, 4) is 5.69 Å². The number of hydrogen-bond donors (Lipinski definition) is 1. The predicted octanol–water partition coefficient (Wildman–Crippen LogP) is 0.626. The molecule has 1 N–H and O–H groups in total. The predicted molar refractivity (Wildman–Crippen MR) is 106 cm³/mol. The van der Waals surface area contributed by atoms with Crippen LogP contribution in [-0.4, -0.2) is 52.5 Å². The van der Waals surface area contributed by atoms with E-state index in [1.807, 2.05) is 0 Å². The van der Waals surface area contributed by atoms with E-state index in [9.17, 15) is 18.0 Å². The van der Waals surface area contributed by atoms with Crippen molar-refractivity contribution in [1.82, 2.24) is 24.1 Å². The number of aryl methyl sites for hydroxylation is 1. The van der Waals surface area contributed by atoms with E-state index in [0.29, 0.717) is 16.9 Å². The molecule has 0 spiro atoms. The number of sulfonamides is 1. The Labute approximate surface area is 167 Å². The highest BCUT2D eigenvalue weighted by Crippen LogP contribution is 2.22. The van der Waals surface area contributed by atoms with Gasteiger partial charge in [-0.15, -0.1) is 0 Å². The summed E-state index contributed by atoms with van der Waals surface area (Å²) in [4.78, 5) is 24.9. The summed E-state index contributed by atoms with van der Waals surface area (Å²) in [6, 6.07) is 13.2. The molecule has 11 heteroatoms. The molecule has 0 bridgehead atoms. The lowest BCUT2D eigenvalue weighted by Crippen LogP contribution is -2.30. The monoisotopic (exact) mass is 416 g/mol. The summed E-state index contributed by atoms with van der Waals surface area (Å²) in [5, 5.41) is 10.1. The van der Waals surface area contributed by atoms with E-state index in [1.165, 1.54) is 26.2 Å². The van der Waals surface area contributed by atoms with Crippen LogP contribution in [0.25, 0.3) is 5.69 Å². The van der Waals surface area contributed by atoms with E-state index >= 15 is 0 Å². The van der Waals surface area contributed by atoms with Crippen molar-refractivity contribution in [2.75, 3.05) is 19.4 Å². The summed E-state index contributed by atoms with van der Waals surface area (Å²) < 4.78 is 27.7. The number of aromatic nitrogens is 4. The number of benzene rings is 2. The van der Waals surface area contributed by atoms with Crippen molar-refractivity contribution in [3.63, 3.8) is 0 Å². The minimum Gasteiger partial charge on any atom is -0.324 e. The van der Waals surface area contributed by atoms with Crippen molar-refractivity contribution in [1.29, 1.82) is 0 Å². The van der Waals surface area contributed by atoms with Crippen LogP contribution in [0.4, 0.5) is 5.69 Å². The average Bonchev–Trinajstić information content (AvgIpc) is 3.04. The lowest BCUT2D eigenvalue weighted by atomic mass is 10.2. The van der Waals surface area contributed by atoms with E-state index in [2.05, 4.69) is 15.7 Å². The highest BCUT2D eigenvalue weighted by molar-refractivity contribution is 7.89. The van der Waals surface area contributed by atoms with Gasteiger partial charge in [0.15, 0.2) is 0 Å². The fourth-order valence-electron chi connectivity index (χ4n) is 2.54. The summed E-state index contributed by atoms with van der Waals surface area (Å²) in [7, 11) is -0.791. The molecule has 0 saturated carbocycles.